The summed E-state index contributed by atoms with van der Waals surface area (Å²) in [5, 5.41) is 3.91. The number of hydrogen-bond donors (Lipinski definition) is 1. The molecule has 1 heterocycles. The van der Waals surface area contributed by atoms with Crippen molar-refractivity contribution in [3.8, 4) is 0 Å². The molecule has 0 aliphatic rings. The molecule has 0 saturated carbocycles. The van der Waals surface area contributed by atoms with Gasteiger partial charge < -0.3 is 4.57 Å². The van der Waals surface area contributed by atoms with Crippen LogP contribution in [-0.4, -0.2) is 21.7 Å². The Morgan fingerprint density at radius 3 is 2.84 bits per heavy atom. The van der Waals surface area contributed by atoms with E-state index in [1.807, 2.05) is 31.2 Å². The van der Waals surface area contributed by atoms with E-state index in [-0.39, 0.29) is 12.5 Å². The molecular formula is C13H13BrN4O. The van der Waals surface area contributed by atoms with Crippen molar-refractivity contribution in [2.75, 3.05) is 0 Å². The first-order chi connectivity index (χ1) is 9.15. The minimum atomic E-state index is -0.186. The van der Waals surface area contributed by atoms with E-state index in [4.69, 9.17) is 0 Å². The van der Waals surface area contributed by atoms with Crippen LogP contribution < -0.4 is 5.43 Å². The van der Waals surface area contributed by atoms with E-state index in [1.54, 1.807) is 23.2 Å². The molecule has 0 aliphatic carbocycles. The standard InChI is InChI=1S/C13H13BrN4O/c1-10-15-6-7-18(10)9-13(19)17-16-8-11-2-4-12(14)5-3-11/h2-8H,9H2,1H3,(H,17,19). The van der Waals surface area contributed by atoms with Gasteiger partial charge in [0.1, 0.15) is 12.4 Å². The number of carbonyl (C=O) groups excluding carboxylic acids is 1. The lowest BCUT2D eigenvalue weighted by atomic mass is 10.2. The number of carbonyl (C=O) groups is 1. The fraction of sp³-hybridized carbons (Fsp3) is 0.154. The number of halogens is 1. The predicted octanol–water partition coefficient (Wildman–Crippen LogP) is 2.10. The van der Waals surface area contributed by atoms with Crippen molar-refractivity contribution in [3.05, 3.63) is 52.5 Å². The van der Waals surface area contributed by atoms with Crippen LogP contribution in [0.4, 0.5) is 0 Å². The van der Waals surface area contributed by atoms with Crippen molar-refractivity contribution in [2.45, 2.75) is 13.5 Å². The van der Waals surface area contributed by atoms with E-state index in [0.717, 1.165) is 15.9 Å². The number of benzene rings is 1. The lowest BCUT2D eigenvalue weighted by Gasteiger charge is -2.02. The average Bonchev–Trinajstić information content (AvgIpc) is 2.78. The lowest BCUT2D eigenvalue weighted by molar-refractivity contribution is -0.121. The van der Waals surface area contributed by atoms with Crippen LogP contribution in [0.1, 0.15) is 11.4 Å². The van der Waals surface area contributed by atoms with E-state index in [1.165, 1.54) is 0 Å². The molecule has 1 N–H and O–H groups in total. The smallest absolute Gasteiger partial charge is 0.260 e. The largest absolute Gasteiger partial charge is 0.326 e. The first-order valence-corrected chi connectivity index (χ1v) is 6.49. The molecule has 0 radical (unpaired) electrons. The molecule has 0 aliphatic heterocycles. The van der Waals surface area contributed by atoms with Gasteiger partial charge in [0.05, 0.1) is 6.21 Å². The highest BCUT2D eigenvalue weighted by molar-refractivity contribution is 9.10. The summed E-state index contributed by atoms with van der Waals surface area (Å²) < 4.78 is 2.76. The van der Waals surface area contributed by atoms with Crippen molar-refractivity contribution < 1.29 is 4.79 Å². The Morgan fingerprint density at radius 2 is 2.21 bits per heavy atom. The van der Waals surface area contributed by atoms with Gasteiger partial charge in [0.25, 0.3) is 5.91 Å². The molecule has 19 heavy (non-hydrogen) atoms. The summed E-state index contributed by atoms with van der Waals surface area (Å²) in [7, 11) is 0. The summed E-state index contributed by atoms with van der Waals surface area (Å²) in [6.07, 6.45) is 5.02. The Hall–Kier alpha value is -1.95. The summed E-state index contributed by atoms with van der Waals surface area (Å²) >= 11 is 3.35. The van der Waals surface area contributed by atoms with Crippen LogP contribution in [0.15, 0.2) is 46.2 Å². The van der Waals surface area contributed by atoms with E-state index in [0.29, 0.717) is 0 Å². The minimum absolute atomic E-state index is 0.186. The van der Waals surface area contributed by atoms with Gasteiger partial charge in [-0.1, -0.05) is 28.1 Å². The van der Waals surface area contributed by atoms with Crippen LogP contribution in [0, 0.1) is 6.92 Å². The van der Waals surface area contributed by atoms with Gasteiger partial charge in [0.15, 0.2) is 0 Å². The Balaban J connectivity index is 1.86. The fourth-order valence-electron chi connectivity index (χ4n) is 1.49. The number of aromatic nitrogens is 2. The third-order valence-corrected chi connectivity index (χ3v) is 3.04. The van der Waals surface area contributed by atoms with E-state index >= 15 is 0 Å². The molecule has 6 heteroatoms. The number of nitrogens with zero attached hydrogens (tertiary/aromatic N) is 3. The Kier molecular flexibility index (Phi) is 4.46. The third kappa shape index (κ3) is 4.03. The van der Waals surface area contributed by atoms with Gasteiger partial charge in [-0.2, -0.15) is 5.10 Å². The first-order valence-electron chi connectivity index (χ1n) is 5.70. The molecule has 2 rings (SSSR count). The molecule has 0 unspecified atom stereocenters. The zero-order chi connectivity index (χ0) is 13.7. The highest BCUT2D eigenvalue weighted by Gasteiger charge is 2.02. The molecule has 1 amide bonds. The number of hydrogen-bond acceptors (Lipinski definition) is 3. The Morgan fingerprint density at radius 1 is 1.47 bits per heavy atom. The van der Waals surface area contributed by atoms with Gasteiger partial charge in [0, 0.05) is 16.9 Å². The molecule has 0 bridgehead atoms. The Bertz CT molecular complexity index is 589. The SMILES string of the molecule is Cc1nccn1CC(=O)NN=Cc1ccc(Br)cc1. The van der Waals surface area contributed by atoms with Gasteiger partial charge in [0.2, 0.25) is 0 Å². The second-order valence-corrected chi connectivity index (χ2v) is 4.86. The molecular weight excluding hydrogens is 308 g/mol. The minimum Gasteiger partial charge on any atom is -0.326 e. The van der Waals surface area contributed by atoms with Gasteiger partial charge >= 0.3 is 0 Å². The average molecular weight is 321 g/mol. The second kappa shape index (κ2) is 6.29. The quantitative estimate of drug-likeness (QED) is 0.692. The molecule has 0 atom stereocenters. The highest BCUT2D eigenvalue weighted by Crippen LogP contribution is 2.08. The molecule has 0 spiro atoms. The molecule has 98 valence electrons. The lowest BCUT2D eigenvalue weighted by Crippen LogP contribution is -2.23. The summed E-state index contributed by atoms with van der Waals surface area (Å²) in [6, 6.07) is 7.63. The first kappa shape index (κ1) is 13.5. The summed E-state index contributed by atoms with van der Waals surface area (Å²) in [4.78, 5) is 15.7. The second-order valence-electron chi connectivity index (χ2n) is 3.95. The maximum atomic E-state index is 11.6. The number of imidazole rings is 1. The monoisotopic (exact) mass is 320 g/mol. The van der Waals surface area contributed by atoms with E-state index in [2.05, 4.69) is 31.4 Å². The molecule has 0 fully saturated rings. The Labute approximate surface area is 119 Å². The van der Waals surface area contributed by atoms with Crippen LogP contribution in [0.3, 0.4) is 0 Å². The number of nitrogens with one attached hydrogen (secondary N) is 1. The molecule has 5 nitrogen and oxygen atoms in total. The number of amides is 1. The molecule has 1 aromatic carbocycles. The third-order valence-electron chi connectivity index (χ3n) is 2.51. The molecule has 0 saturated heterocycles. The molecule has 1 aromatic heterocycles. The number of rotatable bonds is 4. The molecule has 2 aromatic rings. The van der Waals surface area contributed by atoms with Gasteiger partial charge in [-0.05, 0) is 24.6 Å². The summed E-state index contributed by atoms with van der Waals surface area (Å²) in [6.45, 7) is 2.06. The van der Waals surface area contributed by atoms with Gasteiger partial charge in [-0.25, -0.2) is 10.4 Å². The predicted molar refractivity (Wildman–Crippen MR) is 76.8 cm³/mol. The van der Waals surface area contributed by atoms with Crippen molar-refractivity contribution in [1.29, 1.82) is 0 Å². The van der Waals surface area contributed by atoms with Gasteiger partial charge in [-0.3, -0.25) is 4.79 Å². The van der Waals surface area contributed by atoms with Crippen molar-refractivity contribution in [2.24, 2.45) is 5.10 Å². The zero-order valence-corrected chi connectivity index (χ0v) is 12.0. The van der Waals surface area contributed by atoms with Crippen LogP contribution in [0.25, 0.3) is 0 Å². The number of aryl methyl sites for hydroxylation is 1. The normalized spacial score (nSPS) is 10.8. The fourth-order valence-corrected chi connectivity index (χ4v) is 1.75. The summed E-state index contributed by atoms with van der Waals surface area (Å²) in [5.41, 5.74) is 3.40. The number of hydrazone groups is 1. The van der Waals surface area contributed by atoms with E-state index < -0.39 is 0 Å². The van der Waals surface area contributed by atoms with Crippen LogP contribution in [-0.2, 0) is 11.3 Å². The van der Waals surface area contributed by atoms with Gasteiger partial charge in [-0.15, -0.1) is 0 Å². The van der Waals surface area contributed by atoms with Crippen molar-refractivity contribution >= 4 is 28.1 Å². The van der Waals surface area contributed by atoms with Crippen LogP contribution in [0.2, 0.25) is 0 Å². The maximum absolute atomic E-state index is 11.6. The zero-order valence-electron chi connectivity index (χ0n) is 10.4. The van der Waals surface area contributed by atoms with Crippen molar-refractivity contribution in [3.63, 3.8) is 0 Å². The van der Waals surface area contributed by atoms with Crippen LogP contribution in [0.5, 0.6) is 0 Å². The van der Waals surface area contributed by atoms with Crippen molar-refractivity contribution in [1.82, 2.24) is 15.0 Å². The topological polar surface area (TPSA) is 59.3 Å². The van der Waals surface area contributed by atoms with E-state index in [9.17, 15) is 4.79 Å². The van der Waals surface area contributed by atoms with Crippen LogP contribution >= 0.6 is 15.9 Å². The highest BCUT2D eigenvalue weighted by atomic mass is 79.9. The summed E-state index contributed by atoms with van der Waals surface area (Å²) in [5.74, 6) is 0.613. The maximum Gasteiger partial charge on any atom is 0.260 e.